The number of rotatable bonds is 4. The standard InChI is InChI=1S/C10H22N2/c1-10(12-9-8-11-2)6-4-3-5-7-10/h11-12H,3-9H2,1-2H3. The number of hydrogen-bond donors (Lipinski definition) is 2. The van der Waals surface area contributed by atoms with Crippen LogP contribution < -0.4 is 10.6 Å². The van der Waals surface area contributed by atoms with Crippen LogP contribution in [0.25, 0.3) is 0 Å². The molecule has 0 aromatic heterocycles. The van der Waals surface area contributed by atoms with Gasteiger partial charge >= 0.3 is 0 Å². The van der Waals surface area contributed by atoms with Gasteiger partial charge in [0.25, 0.3) is 0 Å². The zero-order valence-corrected chi connectivity index (χ0v) is 8.45. The van der Waals surface area contributed by atoms with Crippen molar-refractivity contribution < 1.29 is 0 Å². The lowest BCUT2D eigenvalue weighted by Crippen LogP contribution is -2.46. The van der Waals surface area contributed by atoms with Crippen LogP contribution >= 0.6 is 0 Å². The molecule has 1 saturated carbocycles. The number of likely N-dealkylation sites (N-methyl/N-ethyl adjacent to an activating group) is 1. The molecule has 0 heterocycles. The third-order valence-electron chi connectivity index (χ3n) is 2.88. The Kier molecular flexibility index (Phi) is 4.02. The van der Waals surface area contributed by atoms with E-state index in [-0.39, 0.29) is 0 Å². The minimum Gasteiger partial charge on any atom is -0.318 e. The first kappa shape index (κ1) is 10.0. The summed E-state index contributed by atoms with van der Waals surface area (Å²) in [5, 5.41) is 6.80. The SMILES string of the molecule is CNCCNC1(C)CCCCC1. The molecule has 1 rings (SSSR count). The Bertz CT molecular complexity index is 117. The summed E-state index contributed by atoms with van der Waals surface area (Å²) in [6.45, 7) is 4.55. The molecule has 2 nitrogen and oxygen atoms in total. The predicted molar refractivity (Wildman–Crippen MR) is 53.4 cm³/mol. The normalized spacial score (nSPS) is 22.5. The zero-order valence-electron chi connectivity index (χ0n) is 8.45. The monoisotopic (exact) mass is 170 g/mol. The molecule has 0 unspecified atom stereocenters. The smallest absolute Gasteiger partial charge is 0.0153 e. The van der Waals surface area contributed by atoms with Gasteiger partial charge in [0.15, 0.2) is 0 Å². The van der Waals surface area contributed by atoms with E-state index in [1.807, 2.05) is 7.05 Å². The maximum absolute atomic E-state index is 3.64. The molecule has 0 radical (unpaired) electrons. The second-order valence-electron chi connectivity index (χ2n) is 4.15. The Hall–Kier alpha value is -0.0800. The molecule has 1 aliphatic carbocycles. The predicted octanol–water partition coefficient (Wildman–Crippen LogP) is 1.52. The highest BCUT2D eigenvalue weighted by molar-refractivity contribution is 4.85. The van der Waals surface area contributed by atoms with Crippen molar-refractivity contribution in [3.63, 3.8) is 0 Å². The van der Waals surface area contributed by atoms with Gasteiger partial charge in [0.1, 0.15) is 0 Å². The second kappa shape index (κ2) is 4.83. The van der Waals surface area contributed by atoms with Crippen molar-refractivity contribution >= 4 is 0 Å². The van der Waals surface area contributed by atoms with Crippen molar-refractivity contribution in [2.75, 3.05) is 20.1 Å². The minimum atomic E-state index is 0.440. The molecule has 0 amide bonds. The van der Waals surface area contributed by atoms with Crippen molar-refractivity contribution in [3.8, 4) is 0 Å². The van der Waals surface area contributed by atoms with E-state index in [4.69, 9.17) is 0 Å². The molecule has 0 saturated heterocycles. The van der Waals surface area contributed by atoms with Gasteiger partial charge in [-0.3, -0.25) is 0 Å². The molecule has 0 bridgehead atoms. The summed E-state index contributed by atoms with van der Waals surface area (Å²) in [6.07, 6.45) is 6.96. The Morgan fingerprint density at radius 2 is 1.75 bits per heavy atom. The van der Waals surface area contributed by atoms with E-state index in [0.29, 0.717) is 5.54 Å². The van der Waals surface area contributed by atoms with Crippen LogP contribution in [0.3, 0.4) is 0 Å². The summed E-state index contributed by atoms with van der Waals surface area (Å²) in [4.78, 5) is 0. The average molecular weight is 170 g/mol. The zero-order chi connectivity index (χ0) is 8.86. The molecule has 1 aliphatic rings. The molecule has 12 heavy (non-hydrogen) atoms. The molecule has 0 aromatic carbocycles. The third kappa shape index (κ3) is 3.11. The number of nitrogens with one attached hydrogen (secondary N) is 2. The first-order valence-corrected chi connectivity index (χ1v) is 5.16. The fourth-order valence-corrected chi connectivity index (χ4v) is 2.00. The fourth-order valence-electron chi connectivity index (χ4n) is 2.00. The van der Waals surface area contributed by atoms with Gasteiger partial charge in [0.2, 0.25) is 0 Å². The first-order chi connectivity index (χ1) is 5.77. The van der Waals surface area contributed by atoms with Crippen molar-refractivity contribution in [3.05, 3.63) is 0 Å². The summed E-state index contributed by atoms with van der Waals surface area (Å²) in [6, 6.07) is 0. The third-order valence-corrected chi connectivity index (χ3v) is 2.88. The van der Waals surface area contributed by atoms with Crippen LogP contribution in [0.2, 0.25) is 0 Å². The summed E-state index contributed by atoms with van der Waals surface area (Å²) >= 11 is 0. The van der Waals surface area contributed by atoms with Crippen LogP contribution in [-0.2, 0) is 0 Å². The lowest BCUT2D eigenvalue weighted by Gasteiger charge is -2.34. The Morgan fingerprint density at radius 1 is 1.08 bits per heavy atom. The van der Waals surface area contributed by atoms with E-state index in [9.17, 15) is 0 Å². The summed E-state index contributed by atoms with van der Waals surface area (Å²) in [5.74, 6) is 0. The van der Waals surface area contributed by atoms with Crippen LogP contribution in [0.4, 0.5) is 0 Å². The molecule has 2 N–H and O–H groups in total. The number of hydrogen-bond acceptors (Lipinski definition) is 2. The molecule has 1 fully saturated rings. The van der Waals surface area contributed by atoms with Crippen molar-refractivity contribution in [2.45, 2.75) is 44.6 Å². The van der Waals surface area contributed by atoms with Gasteiger partial charge in [-0.05, 0) is 26.8 Å². The lowest BCUT2D eigenvalue weighted by atomic mass is 9.83. The molecular formula is C10H22N2. The van der Waals surface area contributed by atoms with Crippen molar-refractivity contribution in [2.24, 2.45) is 0 Å². The van der Waals surface area contributed by atoms with Crippen molar-refractivity contribution in [1.29, 1.82) is 0 Å². The van der Waals surface area contributed by atoms with Crippen LogP contribution in [0.5, 0.6) is 0 Å². The highest BCUT2D eigenvalue weighted by atomic mass is 15.0. The van der Waals surface area contributed by atoms with Gasteiger partial charge in [-0.2, -0.15) is 0 Å². The first-order valence-electron chi connectivity index (χ1n) is 5.16. The maximum Gasteiger partial charge on any atom is 0.0153 e. The molecule has 72 valence electrons. The van der Waals surface area contributed by atoms with Gasteiger partial charge < -0.3 is 10.6 Å². The van der Waals surface area contributed by atoms with Gasteiger partial charge in [-0.1, -0.05) is 19.3 Å². The van der Waals surface area contributed by atoms with Gasteiger partial charge in [0.05, 0.1) is 0 Å². The minimum absolute atomic E-state index is 0.440. The summed E-state index contributed by atoms with van der Waals surface area (Å²) in [5.41, 5.74) is 0.440. The van der Waals surface area contributed by atoms with Crippen LogP contribution in [0.15, 0.2) is 0 Å². The van der Waals surface area contributed by atoms with Crippen LogP contribution in [0.1, 0.15) is 39.0 Å². The summed E-state index contributed by atoms with van der Waals surface area (Å²) in [7, 11) is 2.00. The van der Waals surface area contributed by atoms with Crippen molar-refractivity contribution in [1.82, 2.24) is 10.6 Å². The van der Waals surface area contributed by atoms with E-state index in [1.165, 1.54) is 32.1 Å². The Morgan fingerprint density at radius 3 is 2.33 bits per heavy atom. The van der Waals surface area contributed by atoms with Gasteiger partial charge in [0, 0.05) is 18.6 Å². The second-order valence-corrected chi connectivity index (χ2v) is 4.15. The molecule has 2 heteroatoms. The molecule has 0 aromatic rings. The van der Waals surface area contributed by atoms with E-state index >= 15 is 0 Å². The molecule has 0 atom stereocenters. The van der Waals surface area contributed by atoms with Gasteiger partial charge in [-0.15, -0.1) is 0 Å². The van der Waals surface area contributed by atoms with E-state index in [2.05, 4.69) is 17.6 Å². The lowest BCUT2D eigenvalue weighted by molar-refractivity contribution is 0.256. The topological polar surface area (TPSA) is 24.1 Å². The molecule has 0 spiro atoms. The van der Waals surface area contributed by atoms with Gasteiger partial charge in [-0.25, -0.2) is 0 Å². The largest absolute Gasteiger partial charge is 0.318 e. The maximum atomic E-state index is 3.64. The highest BCUT2D eigenvalue weighted by Gasteiger charge is 2.25. The molecule has 0 aliphatic heterocycles. The Labute approximate surface area is 76.1 Å². The van der Waals surface area contributed by atoms with E-state index < -0.39 is 0 Å². The summed E-state index contributed by atoms with van der Waals surface area (Å²) < 4.78 is 0. The fraction of sp³-hybridized carbons (Fsp3) is 1.00. The average Bonchev–Trinajstić information content (AvgIpc) is 2.06. The van der Waals surface area contributed by atoms with Crippen LogP contribution in [0, 0.1) is 0 Å². The quantitative estimate of drug-likeness (QED) is 0.625. The molecular weight excluding hydrogens is 148 g/mol. The Balaban J connectivity index is 2.17. The highest BCUT2D eigenvalue weighted by Crippen LogP contribution is 2.26. The van der Waals surface area contributed by atoms with E-state index in [1.54, 1.807) is 0 Å². The van der Waals surface area contributed by atoms with E-state index in [0.717, 1.165) is 13.1 Å². The van der Waals surface area contributed by atoms with Crippen LogP contribution in [-0.4, -0.2) is 25.7 Å².